The molecular weight excluding hydrogens is 337 g/mol. The van der Waals surface area contributed by atoms with Crippen LogP contribution in [-0.2, 0) is 5.88 Å². The quantitative estimate of drug-likeness (QED) is 0.769. The van der Waals surface area contributed by atoms with Gasteiger partial charge in [0.2, 0.25) is 0 Å². The number of hydrogen-bond acceptors (Lipinski definition) is 2. The van der Waals surface area contributed by atoms with E-state index in [4.69, 9.17) is 23.2 Å². The van der Waals surface area contributed by atoms with Gasteiger partial charge in [0.05, 0.1) is 10.9 Å². The molecule has 0 unspecified atom stereocenters. The number of benzene rings is 1. The number of aromatic nitrogens is 3. The molecule has 18 heavy (non-hydrogen) atoms. The van der Waals surface area contributed by atoms with Crippen LogP contribution in [0.2, 0.25) is 5.02 Å². The maximum absolute atomic E-state index is 6.27. The summed E-state index contributed by atoms with van der Waals surface area (Å²) in [5, 5.41) is 9.05. The van der Waals surface area contributed by atoms with E-state index in [1.165, 1.54) is 0 Å². The van der Waals surface area contributed by atoms with Gasteiger partial charge in [0, 0.05) is 16.1 Å². The molecule has 6 heteroatoms. The highest BCUT2D eigenvalue weighted by Crippen LogP contribution is 2.40. The van der Waals surface area contributed by atoms with Gasteiger partial charge in [0.15, 0.2) is 5.82 Å². The van der Waals surface area contributed by atoms with E-state index in [0.29, 0.717) is 16.9 Å². The van der Waals surface area contributed by atoms with Gasteiger partial charge in [0.25, 0.3) is 0 Å². The topological polar surface area (TPSA) is 30.7 Å². The van der Waals surface area contributed by atoms with Crippen molar-refractivity contribution in [1.29, 1.82) is 0 Å². The second kappa shape index (κ2) is 4.83. The maximum Gasteiger partial charge on any atom is 0.165 e. The van der Waals surface area contributed by atoms with E-state index in [0.717, 1.165) is 34.5 Å². The van der Waals surface area contributed by atoms with Gasteiger partial charge in [-0.3, -0.25) is 0 Å². The van der Waals surface area contributed by atoms with Gasteiger partial charge in [-0.05, 0) is 31.0 Å². The summed E-state index contributed by atoms with van der Waals surface area (Å²) in [7, 11) is 0. The summed E-state index contributed by atoms with van der Waals surface area (Å²) in [5.41, 5.74) is 0.899. The van der Waals surface area contributed by atoms with E-state index in [1.807, 2.05) is 18.2 Å². The largest absolute Gasteiger partial charge is 0.307 e. The molecule has 0 atom stereocenters. The Morgan fingerprint density at radius 1 is 1.33 bits per heavy atom. The zero-order valence-corrected chi connectivity index (χ0v) is 12.5. The van der Waals surface area contributed by atoms with E-state index in [1.54, 1.807) is 0 Å². The standard InChI is InChI=1S/C12H10BrCl2N3/c13-7-1-4-9(10(15)5-7)12-17-16-11(6-14)18(12)8-2-3-8/h1,4-5,8H,2-3,6H2. The Morgan fingerprint density at radius 3 is 2.72 bits per heavy atom. The van der Waals surface area contributed by atoms with Crippen LogP contribution in [0.4, 0.5) is 0 Å². The van der Waals surface area contributed by atoms with E-state index in [-0.39, 0.29) is 0 Å². The number of hydrogen-bond donors (Lipinski definition) is 0. The molecule has 0 aliphatic heterocycles. The van der Waals surface area contributed by atoms with E-state index >= 15 is 0 Å². The van der Waals surface area contributed by atoms with Crippen LogP contribution >= 0.6 is 39.1 Å². The van der Waals surface area contributed by atoms with Crippen molar-refractivity contribution in [2.75, 3.05) is 0 Å². The van der Waals surface area contributed by atoms with E-state index in [9.17, 15) is 0 Å². The molecule has 1 aromatic heterocycles. The molecule has 0 amide bonds. The van der Waals surface area contributed by atoms with Gasteiger partial charge in [-0.2, -0.15) is 0 Å². The molecule has 1 saturated carbocycles. The third kappa shape index (κ3) is 2.17. The van der Waals surface area contributed by atoms with Crippen LogP contribution in [0.3, 0.4) is 0 Å². The normalized spacial score (nSPS) is 15.1. The monoisotopic (exact) mass is 345 g/mol. The first-order valence-electron chi connectivity index (χ1n) is 5.66. The van der Waals surface area contributed by atoms with Crippen LogP contribution in [0.5, 0.6) is 0 Å². The van der Waals surface area contributed by atoms with Gasteiger partial charge in [-0.15, -0.1) is 21.8 Å². The lowest BCUT2D eigenvalue weighted by Crippen LogP contribution is -2.02. The van der Waals surface area contributed by atoms with Crippen LogP contribution < -0.4 is 0 Å². The molecule has 1 fully saturated rings. The highest BCUT2D eigenvalue weighted by Gasteiger charge is 2.30. The van der Waals surface area contributed by atoms with E-state index < -0.39 is 0 Å². The summed E-state index contributed by atoms with van der Waals surface area (Å²) in [4.78, 5) is 0. The molecule has 1 aliphatic carbocycles. The Labute approximate surface area is 123 Å². The maximum atomic E-state index is 6.27. The molecule has 94 valence electrons. The molecular formula is C12H10BrCl2N3. The first kappa shape index (κ1) is 12.5. The molecule has 3 rings (SSSR count). The smallest absolute Gasteiger partial charge is 0.165 e. The Bertz CT molecular complexity index is 593. The Kier molecular flexibility index (Phi) is 3.34. The molecule has 0 radical (unpaired) electrons. The third-order valence-electron chi connectivity index (χ3n) is 2.97. The van der Waals surface area contributed by atoms with Crippen LogP contribution in [-0.4, -0.2) is 14.8 Å². The average molecular weight is 347 g/mol. The molecule has 3 nitrogen and oxygen atoms in total. The molecule has 0 bridgehead atoms. The summed E-state index contributed by atoms with van der Waals surface area (Å²) in [6.45, 7) is 0. The Morgan fingerprint density at radius 2 is 2.11 bits per heavy atom. The van der Waals surface area contributed by atoms with Gasteiger partial charge in [0.1, 0.15) is 5.82 Å². The summed E-state index contributed by atoms with van der Waals surface area (Å²) < 4.78 is 3.06. The summed E-state index contributed by atoms with van der Waals surface area (Å²) in [5.74, 6) is 2.00. The van der Waals surface area contributed by atoms with Crippen molar-refractivity contribution in [2.45, 2.75) is 24.8 Å². The predicted octanol–water partition coefficient (Wildman–Crippen LogP) is 4.43. The van der Waals surface area contributed by atoms with Gasteiger partial charge >= 0.3 is 0 Å². The zero-order valence-electron chi connectivity index (χ0n) is 9.41. The van der Waals surface area contributed by atoms with Crippen molar-refractivity contribution in [1.82, 2.24) is 14.8 Å². The first-order chi connectivity index (χ1) is 8.70. The first-order valence-corrected chi connectivity index (χ1v) is 7.36. The van der Waals surface area contributed by atoms with Crippen molar-refractivity contribution in [2.24, 2.45) is 0 Å². The highest BCUT2D eigenvalue weighted by atomic mass is 79.9. The zero-order chi connectivity index (χ0) is 12.7. The minimum absolute atomic E-state index is 0.373. The van der Waals surface area contributed by atoms with Gasteiger partial charge in [-0.25, -0.2) is 0 Å². The second-order valence-corrected chi connectivity index (χ2v) is 5.89. The molecule has 2 aromatic rings. The van der Waals surface area contributed by atoms with Crippen molar-refractivity contribution in [3.63, 3.8) is 0 Å². The molecule has 1 aromatic carbocycles. The molecule has 0 saturated heterocycles. The summed E-state index contributed by atoms with van der Waals surface area (Å²) >= 11 is 15.6. The molecule has 1 heterocycles. The lowest BCUT2D eigenvalue weighted by atomic mass is 10.2. The Hall–Kier alpha value is -0.580. The van der Waals surface area contributed by atoms with Crippen LogP contribution in [0, 0.1) is 0 Å². The lowest BCUT2D eigenvalue weighted by Gasteiger charge is -2.09. The number of nitrogens with zero attached hydrogens (tertiary/aromatic N) is 3. The fourth-order valence-electron chi connectivity index (χ4n) is 1.99. The van der Waals surface area contributed by atoms with Crippen LogP contribution in [0.15, 0.2) is 22.7 Å². The fraction of sp³-hybridized carbons (Fsp3) is 0.333. The van der Waals surface area contributed by atoms with Crippen molar-refractivity contribution in [3.05, 3.63) is 33.5 Å². The molecule has 0 N–H and O–H groups in total. The predicted molar refractivity (Wildman–Crippen MR) is 76.0 cm³/mol. The molecule has 0 spiro atoms. The fourth-order valence-corrected chi connectivity index (χ4v) is 2.93. The molecule has 1 aliphatic rings. The average Bonchev–Trinajstić information content (AvgIpc) is 3.09. The van der Waals surface area contributed by atoms with Crippen molar-refractivity contribution < 1.29 is 0 Å². The van der Waals surface area contributed by atoms with Crippen molar-refractivity contribution >= 4 is 39.1 Å². The third-order valence-corrected chi connectivity index (χ3v) is 4.02. The Balaban J connectivity index is 2.13. The van der Waals surface area contributed by atoms with Crippen LogP contribution in [0.1, 0.15) is 24.7 Å². The number of halogens is 3. The van der Waals surface area contributed by atoms with E-state index in [2.05, 4.69) is 30.7 Å². The summed E-state index contributed by atoms with van der Waals surface area (Å²) in [6.07, 6.45) is 2.31. The minimum atomic E-state index is 0.373. The van der Waals surface area contributed by atoms with Crippen molar-refractivity contribution in [3.8, 4) is 11.4 Å². The minimum Gasteiger partial charge on any atom is -0.307 e. The number of rotatable bonds is 3. The van der Waals surface area contributed by atoms with Crippen LogP contribution in [0.25, 0.3) is 11.4 Å². The second-order valence-electron chi connectivity index (χ2n) is 4.30. The summed E-state index contributed by atoms with van der Waals surface area (Å²) in [6, 6.07) is 6.24. The lowest BCUT2D eigenvalue weighted by molar-refractivity contribution is 0.712. The number of alkyl halides is 1. The highest BCUT2D eigenvalue weighted by molar-refractivity contribution is 9.10. The SMILES string of the molecule is ClCc1nnc(-c2ccc(Br)cc2Cl)n1C1CC1. The van der Waals surface area contributed by atoms with Gasteiger partial charge in [-0.1, -0.05) is 27.5 Å². The van der Waals surface area contributed by atoms with Gasteiger partial charge < -0.3 is 4.57 Å².